The van der Waals surface area contributed by atoms with Crippen molar-refractivity contribution in [2.45, 2.75) is 12.3 Å². The van der Waals surface area contributed by atoms with Gasteiger partial charge in [0.2, 0.25) is 5.91 Å². The molecule has 0 bridgehead atoms. The Hall–Kier alpha value is -1.92. The number of aliphatic carboxylic acids is 1. The predicted molar refractivity (Wildman–Crippen MR) is 84.2 cm³/mol. The van der Waals surface area contributed by atoms with E-state index in [2.05, 4.69) is 0 Å². The van der Waals surface area contributed by atoms with Crippen LogP contribution in [0.3, 0.4) is 0 Å². The summed E-state index contributed by atoms with van der Waals surface area (Å²) in [5.74, 6) is -1.64. The van der Waals surface area contributed by atoms with Crippen molar-refractivity contribution >= 4 is 11.9 Å². The Kier molecular flexibility index (Phi) is 6.55. The highest BCUT2D eigenvalue weighted by atomic mass is 16.5. The molecule has 1 N–H and O–H groups in total. The molecule has 2 atom stereocenters. The molecule has 2 unspecified atom stereocenters. The molecule has 6 nitrogen and oxygen atoms in total. The van der Waals surface area contributed by atoms with Gasteiger partial charge in [0.15, 0.2) is 0 Å². The monoisotopic (exact) mass is 321 g/mol. The van der Waals surface area contributed by atoms with E-state index in [-0.39, 0.29) is 24.8 Å². The third-order valence-electron chi connectivity index (χ3n) is 4.11. The zero-order valence-electron chi connectivity index (χ0n) is 13.3. The second-order valence-electron chi connectivity index (χ2n) is 5.62. The number of likely N-dealkylation sites (tertiary alicyclic amines) is 1. The summed E-state index contributed by atoms with van der Waals surface area (Å²) >= 11 is 0. The summed E-state index contributed by atoms with van der Waals surface area (Å²) in [5.41, 5.74) is 0.964. The van der Waals surface area contributed by atoms with Gasteiger partial charge in [0.1, 0.15) is 0 Å². The number of amides is 1. The normalized spacial score (nSPS) is 20.7. The van der Waals surface area contributed by atoms with Crippen LogP contribution in [0.1, 0.15) is 17.9 Å². The van der Waals surface area contributed by atoms with Crippen LogP contribution in [0.2, 0.25) is 0 Å². The zero-order valence-corrected chi connectivity index (χ0v) is 13.3. The summed E-state index contributed by atoms with van der Waals surface area (Å²) < 4.78 is 10.2. The number of rotatable bonds is 8. The molecule has 1 aliphatic heterocycles. The maximum absolute atomic E-state index is 12.2. The Morgan fingerprint density at radius 1 is 1.17 bits per heavy atom. The van der Waals surface area contributed by atoms with Crippen LogP contribution in [0, 0.1) is 5.92 Å². The molecule has 0 spiro atoms. The molecule has 1 aliphatic rings. The van der Waals surface area contributed by atoms with E-state index in [0.29, 0.717) is 26.4 Å². The molecule has 6 heteroatoms. The second-order valence-corrected chi connectivity index (χ2v) is 5.62. The highest BCUT2D eigenvalue weighted by molar-refractivity contribution is 5.79. The first-order valence-corrected chi connectivity index (χ1v) is 7.75. The number of methoxy groups -OCH3 is 1. The lowest BCUT2D eigenvalue weighted by Gasteiger charge is -2.16. The lowest BCUT2D eigenvalue weighted by Crippen LogP contribution is -2.30. The van der Waals surface area contributed by atoms with Crippen molar-refractivity contribution in [3.8, 4) is 0 Å². The van der Waals surface area contributed by atoms with Crippen LogP contribution < -0.4 is 0 Å². The molecule has 1 fully saturated rings. The fraction of sp³-hybridized carbons (Fsp3) is 0.529. The van der Waals surface area contributed by atoms with Crippen LogP contribution >= 0.6 is 0 Å². The maximum atomic E-state index is 12.2. The van der Waals surface area contributed by atoms with E-state index < -0.39 is 11.9 Å². The fourth-order valence-electron chi connectivity index (χ4n) is 2.86. The van der Waals surface area contributed by atoms with Gasteiger partial charge in [0.25, 0.3) is 0 Å². The predicted octanol–water partition coefficient (Wildman–Crippen LogP) is 1.37. The van der Waals surface area contributed by atoms with Crippen LogP contribution in [-0.2, 0) is 19.1 Å². The summed E-state index contributed by atoms with van der Waals surface area (Å²) in [6, 6.07) is 9.52. The summed E-state index contributed by atoms with van der Waals surface area (Å²) in [5, 5.41) is 9.44. The largest absolute Gasteiger partial charge is 0.481 e. The average Bonchev–Trinajstić information content (AvgIpc) is 3.01. The number of benzene rings is 1. The Labute approximate surface area is 136 Å². The number of hydrogen-bond acceptors (Lipinski definition) is 4. The Bertz CT molecular complexity index is 519. The molecule has 1 amide bonds. The third-order valence-corrected chi connectivity index (χ3v) is 4.11. The summed E-state index contributed by atoms with van der Waals surface area (Å²) in [4.78, 5) is 25.4. The van der Waals surface area contributed by atoms with Crippen LogP contribution in [0.4, 0.5) is 0 Å². The van der Waals surface area contributed by atoms with Gasteiger partial charge in [-0.3, -0.25) is 9.59 Å². The van der Waals surface area contributed by atoms with E-state index in [1.807, 2.05) is 30.3 Å². The van der Waals surface area contributed by atoms with E-state index in [9.17, 15) is 14.7 Å². The number of carbonyl (C=O) groups excluding carboxylic acids is 1. The highest BCUT2D eigenvalue weighted by Gasteiger charge is 2.40. The molecule has 1 heterocycles. The molecule has 1 saturated heterocycles. The van der Waals surface area contributed by atoms with Gasteiger partial charge in [-0.1, -0.05) is 30.3 Å². The molecule has 126 valence electrons. The number of carboxylic acid groups (broad SMARTS) is 1. The van der Waals surface area contributed by atoms with E-state index in [1.54, 1.807) is 12.0 Å². The first-order chi connectivity index (χ1) is 11.1. The SMILES string of the molecule is COCCOCCC(=O)N1CC(C(=O)O)C(c2ccccc2)C1. The van der Waals surface area contributed by atoms with Crippen molar-refractivity contribution in [2.24, 2.45) is 5.92 Å². The van der Waals surface area contributed by atoms with E-state index in [1.165, 1.54) is 0 Å². The van der Waals surface area contributed by atoms with Crippen molar-refractivity contribution in [3.05, 3.63) is 35.9 Å². The Morgan fingerprint density at radius 3 is 2.57 bits per heavy atom. The van der Waals surface area contributed by atoms with Crippen molar-refractivity contribution in [1.82, 2.24) is 4.90 Å². The lowest BCUT2D eigenvalue weighted by atomic mass is 9.89. The molecule has 0 aromatic heterocycles. The van der Waals surface area contributed by atoms with Crippen molar-refractivity contribution in [1.29, 1.82) is 0 Å². The number of carboxylic acids is 1. The highest BCUT2D eigenvalue weighted by Crippen LogP contribution is 2.33. The van der Waals surface area contributed by atoms with Crippen molar-refractivity contribution in [3.63, 3.8) is 0 Å². The Morgan fingerprint density at radius 2 is 1.91 bits per heavy atom. The van der Waals surface area contributed by atoms with Crippen LogP contribution in [0.15, 0.2) is 30.3 Å². The van der Waals surface area contributed by atoms with Gasteiger partial charge in [0.05, 0.1) is 32.2 Å². The minimum Gasteiger partial charge on any atom is -0.481 e. The number of hydrogen-bond donors (Lipinski definition) is 1. The van der Waals surface area contributed by atoms with Crippen LogP contribution in [0.5, 0.6) is 0 Å². The maximum Gasteiger partial charge on any atom is 0.308 e. The van der Waals surface area contributed by atoms with Gasteiger partial charge in [-0.2, -0.15) is 0 Å². The van der Waals surface area contributed by atoms with Crippen molar-refractivity contribution < 1.29 is 24.2 Å². The van der Waals surface area contributed by atoms with Crippen LogP contribution in [-0.4, -0.2) is 61.9 Å². The quantitative estimate of drug-likeness (QED) is 0.732. The minimum absolute atomic E-state index is 0.0629. The van der Waals surface area contributed by atoms with Gasteiger partial charge in [-0.05, 0) is 5.56 Å². The van der Waals surface area contributed by atoms with Gasteiger partial charge in [0, 0.05) is 26.1 Å². The summed E-state index contributed by atoms with van der Waals surface area (Å²) in [7, 11) is 1.59. The topological polar surface area (TPSA) is 76.1 Å². The first-order valence-electron chi connectivity index (χ1n) is 7.75. The van der Waals surface area contributed by atoms with Gasteiger partial charge in [-0.15, -0.1) is 0 Å². The molecule has 1 aromatic rings. The average molecular weight is 321 g/mol. The van der Waals surface area contributed by atoms with E-state index >= 15 is 0 Å². The van der Waals surface area contributed by atoms with E-state index in [0.717, 1.165) is 5.56 Å². The minimum atomic E-state index is -0.856. The Balaban J connectivity index is 1.92. The van der Waals surface area contributed by atoms with Crippen molar-refractivity contribution in [2.75, 3.05) is 40.0 Å². The second kappa shape index (κ2) is 8.64. The molecule has 1 aromatic carbocycles. The molecule has 23 heavy (non-hydrogen) atoms. The first kappa shape index (κ1) is 17.4. The molecular formula is C17H23NO5. The smallest absolute Gasteiger partial charge is 0.308 e. The summed E-state index contributed by atoms with van der Waals surface area (Å²) in [6.07, 6.45) is 0.261. The van der Waals surface area contributed by atoms with Gasteiger partial charge in [-0.25, -0.2) is 0 Å². The number of nitrogens with zero attached hydrogens (tertiary/aromatic N) is 1. The molecule has 0 aliphatic carbocycles. The lowest BCUT2D eigenvalue weighted by molar-refractivity contribution is -0.141. The summed E-state index contributed by atoms with van der Waals surface area (Å²) in [6.45, 7) is 1.97. The third kappa shape index (κ3) is 4.77. The van der Waals surface area contributed by atoms with E-state index in [4.69, 9.17) is 9.47 Å². The van der Waals surface area contributed by atoms with Crippen LogP contribution in [0.25, 0.3) is 0 Å². The zero-order chi connectivity index (χ0) is 16.7. The van der Waals surface area contributed by atoms with Gasteiger partial charge < -0.3 is 19.5 Å². The standard InChI is InChI=1S/C17H23NO5/c1-22-9-10-23-8-7-16(19)18-11-14(15(12-18)17(20)21)13-5-3-2-4-6-13/h2-6,14-15H,7-12H2,1H3,(H,20,21). The molecule has 0 radical (unpaired) electrons. The molecule has 0 saturated carbocycles. The molecular weight excluding hydrogens is 298 g/mol. The van der Waals surface area contributed by atoms with Gasteiger partial charge >= 0.3 is 5.97 Å². The fourth-order valence-corrected chi connectivity index (χ4v) is 2.86. The molecule has 2 rings (SSSR count). The number of ether oxygens (including phenoxy) is 2. The number of carbonyl (C=O) groups is 2.